The molecular formula is C9H12BrN3O. The highest BCUT2D eigenvalue weighted by atomic mass is 79.9. The van der Waals surface area contributed by atoms with Gasteiger partial charge in [-0.3, -0.25) is 0 Å². The molecule has 2 amide bonds. The van der Waals surface area contributed by atoms with Crippen LogP contribution in [0.1, 0.15) is 12.6 Å². The molecule has 0 aliphatic rings. The third kappa shape index (κ3) is 2.99. The minimum absolute atomic E-state index is 0.209. The Morgan fingerprint density at radius 3 is 2.86 bits per heavy atom. The summed E-state index contributed by atoms with van der Waals surface area (Å²) in [5.41, 5.74) is 1.50. The number of nitrogens with zero attached hydrogens (tertiary/aromatic N) is 1. The van der Waals surface area contributed by atoms with E-state index in [9.17, 15) is 4.79 Å². The number of nitrogens with one attached hydrogen (secondary N) is 2. The van der Waals surface area contributed by atoms with Gasteiger partial charge in [-0.1, -0.05) is 0 Å². The first kappa shape index (κ1) is 11.0. The highest BCUT2D eigenvalue weighted by molar-refractivity contribution is 9.10. The van der Waals surface area contributed by atoms with E-state index < -0.39 is 0 Å². The van der Waals surface area contributed by atoms with Crippen LogP contribution in [0.3, 0.4) is 0 Å². The fourth-order valence-corrected chi connectivity index (χ4v) is 1.39. The zero-order valence-corrected chi connectivity index (χ0v) is 9.68. The van der Waals surface area contributed by atoms with E-state index in [-0.39, 0.29) is 6.03 Å². The predicted octanol–water partition coefficient (Wildman–Crippen LogP) is 2.29. The molecule has 5 heteroatoms. The van der Waals surface area contributed by atoms with Crippen molar-refractivity contribution in [3.05, 3.63) is 22.4 Å². The molecule has 0 unspecified atom stereocenters. The lowest BCUT2D eigenvalue weighted by atomic mass is 10.3. The van der Waals surface area contributed by atoms with Crippen molar-refractivity contribution in [2.24, 2.45) is 0 Å². The van der Waals surface area contributed by atoms with Crippen LogP contribution in [0.2, 0.25) is 0 Å². The van der Waals surface area contributed by atoms with Gasteiger partial charge in [0.15, 0.2) is 0 Å². The fraction of sp³-hybridized carbons (Fsp3) is 0.333. The van der Waals surface area contributed by atoms with Crippen molar-refractivity contribution < 1.29 is 4.79 Å². The Morgan fingerprint density at radius 2 is 2.29 bits per heavy atom. The molecule has 0 aromatic carbocycles. The van der Waals surface area contributed by atoms with E-state index >= 15 is 0 Å². The average Bonchev–Trinajstić information content (AvgIpc) is 2.10. The number of pyridine rings is 1. The van der Waals surface area contributed by atoms with E-state index in [1.165, 1.54) is 0 Å². The summed E-state index contributed by atoms with van der Waals surface area (Å²) in [4.78, 5) is 15.3. The summed E-state index contributed by atoms with van der Waals surface area (Å²) in [5, 5.41) is 5.35. The third-order valence-corrected chi connectivity index (χ3v) is 2.08. The van der Waals surface area contributed by atoms with E-state index in [1.54, 1.807) is 6.07 Å². The highest BCUT2D eigenvalue weighted by Gasteiger charge is 2.03. The Balaban J connectivity index is 2.72. The summed E-state index contributed by atoms with van der Waals surface area (Å²) in [6, 6.07) is 3.38. The van der Waals surface area contributed by atoms with Gasteiger partial charge in [-0.15, -0.1) is 0 Å². The normalized spacial score (nSPS) is 9.64. The molecule has 4 nitrogen and oxygen atoms in total. The van der Waals surface area contributed by atoms with Crippen LogP contribution in [0.25, 0.3) is 0 Å². The van der Waals surface area contributed by atoms with Crippen molar-refractivity contribution in [1.82, 2.24) is 10.3 Å². The maximum Gasteiger partial charge on any atom is 0.319 e. The van der Waals surface area contributed by atoms with Gasteiger partial charge in [0.05, 0.1) is 11.4 Å². The lowest BCUT2D eigenvalue weighted by Crippen LogP contribution is -2.28. The monoisotopic (exact) mass is 257 g/mol. The molecule has 0 fully saturated rings. The topological polar surface area (TPSA) is 54.0 Å². The van der Waals surface area contributed by atoms with Gasteiger partial charge in [-0.25, -0.2) is 9.78 Å². The van der Waals surface area contributed by atoms with Crippen molar-refractivity contribution in [2.45, 2.75) is 13.8 Å². The number of carbonyl (C=O) groups is 1. The second-order valence-electron chi connectivity index (χ2n) is 2.75. The van der Waals surface area contributed by atoms with Crippen molar-refractivity contribution in [3.8, 4) is 0 Å². The second kappa shape index (κ2) is 4.95. The fourth-order valence-electron chi connectivity index (χ4n) is 0.990. The van der Waals surface area contributed by atoms with Crippen molar-refractivity contribution in [3.63, 3.8) is 0 Å². The Hall–Kier alpha value is -1.10. The van der Waals surface area contributed by atoms with Gasteiger partial charge in [0, 0.05) is 6.54 Å². The van der Waals surface area contributed by atoms with E-state index in [0.29, 0.717) is 6.54 Å². The van der Waals surface area contributed by atoms with E-state index in [4.69, 9.17) is 0 Å². The quantitative estimate of drug-likeness (QED) is 0.799. The first-order chi connectivity index (χ1) is 6.63. The minimum atomic E-state index is -0.209. The number of rotatable bonds is 2. The first-order valence-electron chi connectivity index (χ1n) is 4.31. The third-order valence-electron chi connectivity index (χ3n) is 1.64. The minimum Gasteiger partial charge on any atom is -0.338 e. The van der Waals surface area contributed by atoms with Crippen LogP contribution in [0, 0.1) is 6.92 Å². The van der Waals surface area contributed by atoms with Gasteiger partial charge < -0.3 is 10.6 Å². The maximum atomic E-state index is 11.2. The van der Waals surface area contributed by atoms with Gasteiger partial charge >= 0.3 is 6.03 Å². The van der Waals surface area contributed by atoms with Crippen molar-refractivity contribution >= 4 is 27.6 Å². The Bertz CT molecular complexity index is 341. The number of aryl methyl sites for hydroxylation is 1. The van der Waals surface area contributed by atoms with E-state index in [2.05, 4.69) is 31.5 Å². The van der Waals surface area contributed by atoms with Crippen LogP contribution in [-0.4, -0.2) is 17.6 Å². The lowest BCUT2D eigenvalue weighted by molar-refractivity contribution is 0.252. The number of anilines is 1. The molecule has 0 spiro atoms. The first-order valence-corrected chi connectivity index (χ1v) is 5.10. The van der Waals surface area contributed by atoms with Crippen molar-refractivity contribution in [1.29, 1.82) is 0 Å². The Labute approximate surface area is 91.2 Å². The number of aromatic nitrogens is 1. The van der Waals surface area contributed by atoms with Crippen molar-refractivity contribution in [2.75, 3.05) is 11.9 Å². The van der Waals surface area contributed by atoms with Gasteiger partial charge in [0.25, 0.3) is 0 Å². The number of hydrogen-bond donors (Lipinski definition) is 2. The zero-order valence-electron chi connectivity index (χ0n) is 8.10. The summed E-state index contributed by atoms with van der Waals surface area (Å²) >= 11 is 3.25. The van der Waals surface area contributed by atoms with Crippen LogP contribution >= 0.6 is 15.9 Å². The van der Waals surface area contributed by atoms with Crippen LogP contribution < -0.4 is 10.6 Å². The van der Waals surface area contributed by atoms with E-state index in [0.717, 1.165) is 16.0 Å². The second-order valence-corrected chi connectivity index (χ2v) is 3.56. The smallest absolute Gasteiger partial charge is 0.319 e. The Morgan fingerprint density at radius 1 is 1.57 bits per heavy atom. The number of urea groups is 1. The molecule has 1 rings (SSSR count). The zero-order chi connectivity index (χ0) is 10.6. The number of carbonyl (C=O) groups excluding carboxylic acids is 1. The summed E-state index contributed by atoms with van der Waals surface area (Å²) in [7, 11) is 0. The summed E-state index contributed by atoms with van der Waals surface area (Å²) in [5.74, 6) is 0. The predicted molar refractivity (Wildman–Crippen MR) is 59.4 cm³/mol. The number of halogens is 1. The average molecular weight is 258 g/mol. The molecule has 1 aromatic heterocycles. The van der Waals surface area contributed by atoms with E-state index in [1.807, 2.05) is 19.9 Å². The molecule has 0 saturated heterocycles. The van der Waals surface area contributed by atoms with Gasteiger partial charge in [0.1, 0.15) is 4.60 Å². The standard InChI is InChI=1S/C9H12BrN3O/c1-3-11-9(14)13-7-4-5-8(10)12-6(7)2/h4-5H,3H2,1-2H3,(H2,11,13,14). The molecule has 1 aromatic rings. The molecule has 76 valence electrons. The summed E-state index contributed by atoms with van der Waals surface area (Å²) < 4.78 is 0.761. The van der Waals surface area contributed by atoms with Gasteiger partial charge in [0.2, 0.25) is 0 Å². The molecule has 0 saturated carbocycles. The molecule has 0 radical (unpaired) electrons. The van der Waals surface area contributed by atoms with Crippen LogP contribution in [-0.2, 0) is 0 Å². The van der Waals surface area contributed by atoms with Crippen LogP contribution in [0.4, 0.5) is 10.5 Å². The SMILES string of the molecule is CCNC(=O)Nc1ccc(Br)nc1C. The molecule has 0 atom stereocenters. The molecule has 2 N–H and O–H groups in total. The van der Waals surface area contributed by atoms with Crippen LogP contribution in [0.5, 0.6) is 0 Å². The molecular weight excluding hydrogens is 246 g/mol. The van der Waals surface area contributed by atoms with Gasteiger partial charge in [-0.05, 0) is 41.9 Å². The van der Waals surface area contributed by atoms with Gasteiger partial charge in [-0.2, -0.15) is 0 Å². The number of hydrogen-bond acceptors (Lipinski definition) is 2. The number of amides is 2. The molecule has 0 bridgehead atoms. The molecule has 14 heavy (non-hydrogen) atoms. The molecule has 0 aliphatic heterocycles. The largest absolute Gasteiger partial charge is 0.338 e. The van der Waals surface area contributed by atoms with Crippen LogP contribution in [0.15, 0.2) is 16.7 Å². The summed E-state index contributed by atoms with van der Waals surface area (Å²) in [6.45, 7) is 4.31. The molecule has 1 heterocycles. The Kier molecular flexibility index (Phi) is 3.88. The lowest BCUT2D eigenvalue weighted by Gasteiger charge is -2.07. The maximum absolute atomic E-state index is 11.2. The highest BCUT2D eigenvalue weighted by Crippen LogP contribution is 2.15. The summed E-state index contributed by atoms with van der Waals surface area (Å²) in [6.07, 6.45) is 0. The molecule has 0 aliphatic carbocycles.